The first-order chi connectivity index (χ1) is 7.83. The first-order valence-electron chi connectivity index (χ1n) is 5.49. The molecule has 0 aliphatic carbocycles. The Labute approximate surface area is 101 Å². The maximum Gasteiger partial charge on any atom is 0.317 e. The van der Waals surface area contributed by atoms with Gasteiger partial charge in [0.1, 0.15) is 6.10 Å². The lowest BCUT2D eigenvalue weighted by atomic mass is 10.1. The third-order valence-electron chi connectivity index (χ3n) is 2.28. The molecule has 17 heavy (non-hydrogen) atoms. The van der Waals surface area contributed by atoms with Crippen molar-refractivity contribution < 1.29 is 14.7 Å². The van der Waals surface area contributed by atoms with Gasteiger partial charge in [-0.2, -0.15) is 0 Å². The Kier molecular flexibility index (Phi) is 4.17. The molecule has 0 aromatic heterocycles. The average Bonchev–Trinajstić information content (AvgIpc) is 2.26. The third kappa shape index (κ3) is 4.10. The lowest BCUT2D eigenvalue weighted by Crippen LogP contribution is -2.56. The molecular weight excluding hydrogens is 224 g/mol. The summed E-state index contributed by atoms with van der Waals surface area (Å²) in [4.78, 5) is 13.5. The summed E-state index contributed by atoms with van der Waals surface area (Å²) in [5.41, 5.74) is 5.16. The maximum absolute atomic E-state index is 11.9. The Morgan fingerprint density at radius 3 is 2.76 bits per heavy atom. The number of urea groups is 1. The molecule has 0 spiro atoms. The fourth-order valence-corrected chi connectivity index (χ4v) is 1.48. The standard InChI is InChI=1S/C10H20N4O3/c1-10(2,3)12-9(15)14-4-5-17-7(6-14)8(11)13-16/h7,16H,4-6H2,1-3H3,(H2,11,13)(H,12,15). The highest BCUT2D eigenvalue weighted by Crippen LogP contribution is 2.08. The van der Waals surface area contributed by atoms with Crippen molar-refractivity contribution in [1.29, 1.82) is 0 Å². The Hall–Kier alpha value is -1.50. The fraction of sp³-hybridized carbons (Fsp3) is 0.800. The van der Waals surface area contributed by atoms with E-state index in [-0.39, 0.29) is 24.0 Å². The first kappa shape index (κ1) is 13.6. The molecule has 2 amide bonds. The zero-order chi connectivity index (χ0) is 13.1. The van der Waals surface area contributed by atoms with Gasteiger partial charge in [0.05, 0.1) is 13.2 Å². The number of amidine groups is 1. The van der Waals surface area contributed by atoms with Crippen LogP contribution < -0.4 is 11.1 Å². The van der Waals surface area contributed by atoms with Crippen molar-refractivity contribution in [3.63, 3.8) is 0 Å². The lowest BCUT2D eigenvalue weighted by Gasteiger charge is -2.34. The van der Waals surface area contributed by atoms with Crippen molar-refractivity contribution in [2.24, 2.45) is 10.9 Å². The predicted molar refractivity (Wildman–Crippen MR) is 63.0 cm³/mol. The van der Waals surface area contributed by atoms with E-state index < -0.39 is 6.10 Å². The van der Waals surface area contributed by atoms with Gasteiger partial charge < -0.3 is 25.9 Å². The van der Waals surface area contributed by atoms with E-state index in [4.69, 9.17) is 15.7 Å². The maximum atomic E-state index is 11.9. The zero-order valence-electron chi connectivity index (χ0n) is 10.4. The summed E-state index contributed by atoms with van der Waals surface area (Å²) in [5.74, 6) is -0.0155. The van der Waals surface area contributed by atoms with Crippen LogP contribution in [0.2, 0.25) is 0 Å². The molecule has 0 aromatic rings. The normalized spacial score (nSPS) is 22.4. The number of nitrogens with one attached hydrogen (secondary N) is 1. The van der Waals surface area contributed by atoms with Crippen molar-refractivity contribution in [2.45, 2.75) is 32.4 Å². The molecule has 0 aromatic carbocycles. The van der Waals surface area contributed by atoms with Crippen molar-refractivity contribution in [3.05, 3.63) is 0 Å². The van der Waals surface area contributed by atoms with Gasteiger partial charge in [0.25, 0.3) is 0 Å². The van der Waals surface area contributed by atoms with E-state index in [1.807, 2.05) is 20.8 Å². The van der Waals surface area contributed by atoms with Crippen LogP contribution in [0.15, 0.2) is 5.16 Å². The minimum Gasteiger partial charge on any atom is -0.409 e. The highest BCUT2D eigenvalue weighted by molar-refractivity contribution is 5.85. The number of ether oxygens (including phenoxy) is 1. The smallest absolute Gasteiger partial charge is 0.317 e. The van der Waals surface area contributed by atoms with Crippen LogP contribution in [-0.2, 0) is 4.74 Å². The summed E-state index contributed by atoms with van der Waals surface area (Å²) < 4.78 is 5.30. The van der Waals surface area contributed by atoms with Gasteiger partial charge in [0.2, 0.25) is 0 Å². The summed E-state index contributed by atoms with van der Waals surface area (Å²) >= 11 is 0. The van der Waals surface area contributed by atoms with E-state index in [0.29, 0.717) is 13.2 Å². The number of hydrogen-bond acceptors (Lipinski definition) is 4. The summed E-state index contributed by atoms with van der Waals surface area (Å²) in [6, 6.07) is -0.170. The fourth-order valence-electron chi connectivity index (χ4n) is 1.48. The van der Waals surface area contributed by atoms with Gasteiger partial charge in [-0.25, -0.2) is 4.79 Å². The second kappa shape index (κ2) is 5.22. The van der Waals surface area contributed by atoms with Crippen LogP contribution in [0.3, 0.4) is 0 Å². The largest absolute Gasteiger partial charge is 0.409 e. The zero-order valence-corrected chi connectivity index (χ0v) is 10.4. The van der Waals surface area contributed by atoms with E-state index in [2.05, 4.69) is 10.5 Å². The van der Waals surface area contributed by atoms with E-state index in [9.17, 15) is 4.79 Å². The van der Waals surface area contributed by atoms with E-state index >= 15 is 0 Å². The Bertz CT molecular complexity index is 311. The lowest BCUT2D eigenvalue weighted by molar-refractivity contribution is 0.0188. The molecule has 0 radical (unpaired) electrons. The van der Waals surface area contributed by atoms with E-state index in [1.54, 1.807) is 4.90 Å². The number of rotatable bonds is 1. The van der Waals surface area contributed by atoms with E-state index in [1.165, 1.54) is 0 Å². The summed E-state index contributed by atoms with van der Waals surface area (Å²) in [7, 11) is 0. The highest BCUT2D eigenvalue weighted by Gasteiger charge is 2.28. The summed E-state index contributed by atoms with van der Waals surface area (Å²) in [6.45, 7) is 6.89. The van der Waals surface area contributed by atoms with Gasteiger partial charge >= 0.3 is 6.03 Å². The molecule has 0 saturated carbocycles. The van der Waals surface area contributed by atoms with Crippen LogP contribution in [0.1, 0.15) is 20.8 Å². The van der Waals surface area contributed by atoms with Crippen LogP contribution in [0.5, 0.6) is 0 Å². The molecule has 1 aliphatic heterocycles. The topological polar surface area (TPSA) is 100 Å². The van der Waals surface area contributed by atoms with Gasteiger partial charge in [0.15, 0.2) is 5.84 Å². The van der Waals surface area contributed by atoms with Crippen LogP contribution in [0, 0.1) is 0 Å². The number of nitrogens with two attached hydrogens (primary N) is 1. The van der Waals surface area contributed by atoms with Gasteiger partial charge in [-0.3, -0.25) is 0 Å². The molecule has 98 valence electrons. The molecule has 1 atom stereocenters. The van der Waals surface area contributed by atoms with Crippen molar-refractivity contribution in [2.75, 3.05) is 19.7 Å². The number of morpholine rings is 1. The predicted octanol–water partition coefficient (Wildman–Crippen LogP) is -0.0583. The molecule has 1 aliphatic rings. The monoisotopic (exact) mass is 244 g/mol. The molecule has 1 unspecified atom stereocenters. The number of oxime groups is 1. The van der Waals surface area contributed by atoms with Gasteiger partial charge in [-0.1, -0.05) is 5.16 Å². The molecule has 1 rings (SSSR count). The second-order valence-corrected chi connectivity index (χ2v) is 5.01. The Morgan fingerprint density at radius 1 is 1.59 bits per heavy atom. The number of carbonyl (C=O) groups is 1. The van der Waals surface area contributed by atoms with Crippen LogP contribution in [0.25, 0.3) is 0 Å². The van der Waals surface area contributed by atoms with Crippen LogP contribution >= 0.6 is 0 Å². The first-order valence-corrected chi connectivity index (χ1v) is 5.49. The third-order valence-corrected chi connectivity index (χ3v) is 2.28. The molecule has 4 N–H and O–H groups in total. The van der Waals surface area contributed by atoms with Crippen molar-refractivity contribution >= 4 is 11.9 Å². The molecular formula is C10H20N4O3. The number of nitrogens with zero attached hydrogens (tertiary/aromatic N) is 2. The minimum atomic E-state index is -0.542. The average molecular weight is 244 g/mol. The Balaban J connectivity index is 2.58. The van der Waals surface area contributed by atoms with Crippen LogP contribution in [-0.4, -0.2) is 53.3 Å². The van der Waals surface area contributed by atoms with E-state index in [0.717, 1.165) is 0 Å². The highest BCUT2D eigenvalue weighted by atomic mass is 16.5. The molecule has 0 bridgehead atoms. The second-order valence-electron chi connectivity index (χ2n) is 5.01. The molecule has 7 nitrogen and oxygen atoms in total. The quantitative estimate of drug-likeness (QED) is 0.260. The molecule has 1 heterocycles. The molecule has 1 saturated heterocycles. The van der Waals surface area contributed by atoms with Gasteiger partial charge in [0, 0.05) is 12.1 Å². The number of hydrogen-bond donors (Lipinski definition) is 3. The minimum absolute atomic E-state index is 0.0155. The SMILES string of the molecule is CC(C)(C)NC(=O)N1CCOC(C(N)=NO)C1. The van der Waals surface area contributed by atoms with Crippen molar-refractivity contribution in [1.82, 2.24) is 10.2 Å². The van der Waals surface area contributed by atoms with Gasteiger partial charge in [-0.15, -0.1) is 0 Å². The Morgan fingerprint density at radius 2 is 2.24 bits per heavy atom. The van der Waals surface area contributed by atoms with Crippen molar-refractivity contribution in [3.8, 4) is 0 Å². The number of amides is 2. The van der Waals surface area contributed by atoms with Gasteiger partial charge in [-0.05, 0) is 20.8 Å². The molecule has 7 heteroatoms. The summed E-state index contributed by atoms with van der Waals surface area (Å²) in [5, 5.41) is 14.3. The molecule has 1 fully saturated rings. The summed E-state index contributed by atoms with van der Waals surface area (Å²) in [6.07, 6.45) is -0.542. The number of carbonyl (C=O) groups excluding carboxylic acids is 1. The van der Waals surface area contributed by atoms with Crippen LogP contribution in [0.4, 0.5) is 4.79 Å².